The van der Waals surface area contributed by atoms with Crippen LogP contribution in [0.3, 0.4) is 0 Å². The van der Waals surface area contributed by atoms with E-state index in [-0.39, 0.29) is 13.2 Å². The SMILES string of the molecule is CCOC(=O)[C@H]1C(=O)N(C(=O)c2ccccc2)C[C@@H]1c1ccccc1. The fraction of sp³-hybridized carbons (Fsp3) is 0.250. The van der Waals surface area contributed by atoms with Crippen molar-refractivity contribution in [1.82, 2.24) is 4.90 Å². The number of hydrogen-bond acceptors (Lipinski definition) is 4. The van der Waals surface area contributed by atoms with E-state index in [0.717, 1.165) is 10.5 Å². The quantitative estimate of drug-likeness (QED) is 0.489. The molecule has 0 radical (unpaired) electrons. The van der Waals surface area contributed by atoms with Gasteiger partial charge >= 0.3 is 5.97 Å². The molecule has 0 N–H and O–H groups in total. The van der Waals surface area contributed by atoms with Gasteiger partial charge in [-0.3, -0.25) is 19.3 Å². The maximum atomic E-state index is 12.8. The van der Waals surface area contributed by atoms with Gasteiger partial charge in [0.2, 0.25) is 5.91 Å². The lowest BCUT2D eigenvalue weighted by Crippen LogP contribution is -2.36. The van der Waals surface area contributed by atoms with Crippen LogP contribution < -0.4 is 0 Å². The molecule has 2 aromatic rings. The van der Waals surface area contributed by atoms with Crippen LogP contribution in [0.5, 0.6) is 0 Å². The van der Waals surface area contributed by atoms with Gasteiger partial charge in [-0.25, -0.2) is 0 Å². The van der Waals surface area contributed by atoms with Gasteiger partial charge in [0.1, 0.15) is 5.92 Å². The highest BCUT2D eigenvalue weighted by molar-refractivity contribution is 6.12. The van der Waals surface area contributed by atoms with E-state index < -0.39 is 29.6 Å². The summed E-state index contributed by atoms with van der Waals surface area (Å²) < 4.78 is 5.08. The minimum atomic E-state index is -0.991. The number of amides is 2. The van der Waals surface area contributed by atoms with Crippen molar-refractivity contribution in [3.63, 3.8) is 0 Å². The molecule has 2 amide bonds. The third-order valence-electron chi connectivity index (χ3n) is 4.35. The van der Waals surface area contributed by atoms with Crippen molar-refractivity contribution in [3.05, 3.63) is 71.8 Å². The van der Waals surface area contributed by atoms with E-state index in [4.69, 9.17) is 4.74 Å². The summed E-state index contributed by atoms with van der Waals surface area (Å²) in [6, 6.07) is 17.9. The molecule has 0 aliphatic carbocycles. The summed E-state index contributed by atoms with van der Waals surface area (Å²) in [6.07, 6.45) is 0. The van der Waals surface area contributed by atoms with Gasteiger partial charge in [-0.2, -0.15) is 0 Å². The Hall–Kier alpha value is -2.95. The standard InChI is InChI=1S/C20H19NO4/c1-2-25-20(24)17-16(14-9-5-3-6-10-14)13-21(19(17)23)18(22)15-11-7-4-8-12-15/h3-12,16-17H,2,13H2,1H3/t16-,17-/m1/s1. The minimum Gasteiger partial charge on any atom is -0.465 e. The predicted octanol–water partition coefficient (Wildman–Crippen LogP) is 2.63. The molecule has 1 fully saturated rings. The first-order valence-corrected chi connectivity index (χ1v) is 8.25. The number of benzene rings is 2. The van der Waals surface area contributed by atoms with Gasteiger partial charge in [0.05, 0.1) is 6.61 Å². The van der Waals surface area contributed by atoms with Gasteiger partial charge in [0, 0.05) is 18.0 Å². The molecule has 1 aliphatic rings. The largest absolute Gasteiger partial charge is 0.465 e. The van der Waals surface area contributed by atoms with E-state index in [1.807, 2.05) is 30.3 Å². The monoisotopic (exact) mass is 337 g/mol. The van der Waals surface area contributed by atoms with Crippen LogP contribution in [-0.4, -0.2) is 35.8 Å². The third-order valence-corrected chi connectivity index (χ3v) is 4.35. The highest BCUT2D eigenvalue weighted by Gasteiger charge is 2.48. The van der Waals surface area contributed by atoms with Gasteiger partial charge in [-0.15, -0.1) is 0 Å². The molecule has 128 valence electrons. The van der Waals surface area contributed by atoms with Crippen LogP contribution in [0.2, 0.25) is 0 Å². The first kappa shape index (κ1) is 16.9. The van der Waals surface area contributed by atoms with Crippen LogP contribution in [0.1, 0.15) is 28.8 Å². The zero-order chi connectivity index (χ0) is 17.8. The molecule has 3 rings (SSSR count). The van der Waals surface area contributed by atoms with Crippen molar-refractivity contribution in [2.75, 3.05) is 13.2 Å². The Labute approximate surface area is 146 Å². The maximum Gasteiger partial charge on any atom is 0.319 e. The lowest BCUT2D eigenvalue weighted by atomic mass is 9.89. The molecule has 2 aromatic carbocycles. The lowest BCUT2D eigenvalue weighted by molar-refractivity contribution is -0.152. The molecule has 0 saturated carbocycles. The molecule has 5 heteroatoms. The van der Waals surface area contributed by atoms with Crippen molar-refractivity contribution in [2.45, 2.75) is 12.8 Å². The maximum absolute atomic E-state index is 12.8. The van der Waals surface area contributed by atoms with Crippen LogP contribution in [0.25, 0.3) is 0 Å². The molecule has 0 aromatic heterocycles. The van der Waals surface area contributed by atoms with Gasteiger partial charge in [0.25, 0.3) is 5.91 Å². The van der Waals surface area contributed by atoms with Gasteiger partial charge in [-0.05, 0) is 24.6 Å². The van der Waals surface area contributed by atoms with Crippen molar-refractivity contribution in [2.24, 2.45) is 5.92 Å². The Morgan fingerprint density at radius 1 is 1.04 bits per heavy atom. The number of hydrogen-bond donors (Lipinski definition) is 0. The highest BCUT2D eigenvalue weighted by Crippen LogP contribution is 2.35. The minimum absolute atomic E-state index is 0.167. The second-order valence-electron chi connectivity index (χ2n) is 5.87. The number of carbonyl (C=O) groups excluding carboxylic acids is 3. The summed E-state index contributed by atoms with van der Waals surface area (Å²) in [4.78, 5) is 39.1. The van der Waals surface area contributed by atoms with Gasteiger partial charge in [0.15, 0.2) is 0 Å². The number of carbonyl (C=O) groups is 3. The molecule has 1 saturated heterocycles. The molecule has 1 heterocycles. The molecule has 5 nitrogen and oxygen atoms in total. The van der Waals surface area contributed by atoms with Gasteiger partial charge < -0.3 is 4.74 Å². The fourth-order valence-corrected chi connectivity index (χ4v) is 3.15. The predicted molar refractivity (Wildman–Crippen MR) is 91.8 cm³/mol. The molecular formula is C20H19NO4. The summed E-state index contributed by atoms with van der Waals surface area (Å²) in [6.45, 7) is 2.05. The Morgan fingerprint density at radius 3 is 2.24 bits per heavy atom. The second kappa shape index (κ2) is 7.30. The number of likely N-dealkylation sites (tertiary alicyclic amines) is 1. The second-order valence-corrected chi connectivity index (χ2v) is 5.87. The number of rotatable bonds is 4. The van der Waals surface area contributed by atoms with Gasteiger partial charge in [-0.1, -0.05) is 48.5 Å². The average molecular weight is 337 g/mol. The first-order valence-electron chi connectivity index (χ1n) is 8.25. The van der Waals surface area contributed by atoms with Crippen LogP contribution >= 0.6 is 0 Å². The topological polar surface area (TPSA) is 63.7 Å². The Morgan fingerprint density at radius 2 is 1.64 bits per heavy atom. The molecule has 0 bridgehead atoms. The Kier molecular flexibility index (Phi) is 4.93. The van der Waals surface area contributed by atoms with Crippen LogP contribution in [0, 0.1) is 5.92 Å². The molecular weight excluding hydrogens is 318 g/mol. The normalized spacial score (nSPS) is 19.7. The zero-order valence-corrected chi connectivity index (χ0v) is 13.9. The third kappa shape index (κ3) is 3.31. The Balaban J connectivity index is 1.94. The smallest absolute Gasteiger partial charge is 0.319 e. The zero-order valence-electron chi connectivity index (χ0n) is 13.9. The van der Waals surface area contributed by atoms with Crippen LogP contribution in [-0.2, 0) is 14.3 Å². The molecule has 1 aliphatic heterocycles. The van der Waals surface area contributed by atoms with Crippen molar-refractivity contribution in [3.8, 4) is 0 Å². The lowest BCUT2D eigenvalue weighted by Gasteiger charge is -2.15. The summed E-state index contributed by atoms with van der Waals surface area (Å²) in [7, 11) is 0. The molecule has 0 unspecified atom stereocenters. The van der Waals surface area contributed by atoms with E-state index in [9.17, 15) is 14.4 Å². The molecule has 2 atom stereocenters. The first-order chi connectivity index (χ1) is 12.1. The molecule has 0 spiro atoms. The van der Waals surface area contributed by atoms with Crippen molar-refractivity contribution < 1.29 is 19.1 Å². The van der Waals surface area contributed by atoms with Crippen molar-refractivity contribution >= 4 is 17.8 Å². The summed E-state index contributed by atoms with van der Waals surface area (Å²) in [5.41, 5.74) is 1.27. The van der Waals surface area contributed by atoms with Crippen LogP contribution in [0.15, 0.2) is 60.7 Å². The van der Waals surface area contributed by atoms with Crippen molar-refractivity contribution in [1.29, 1.82) is 0 Å². The highest BCUT2D eigenvalue weighted by atomic mass is 16.5. The van der Waals surface area contributed by atoms with E-state index in [1.54, 1.807) is 37.3 Å². The van der Waals surface area contributed by atoms with E-state index in [2.05, 4.69) is 0 Å². The van der Waals surface area contributed by atoms with E-state index >= 15 is 0 Å². The van der Waals surface area contributed by atoms with E-state index in [1.165, 1.54) is 0 Å². The summed E-state index contributed by atoms with van der Waals surface area (Å²) in [5, 5.41) is 0. The number of esters is 1. The average Bonchev–Trinajstić information content (AvgIpc) is 3.00. The summed E-state index contributed by atoms with van der Waals surface area (Å²) in [5.74, 6) is -2.86. The van der Waals surface area contributed by atoms with E-state index in [0.29, 0.717) is 5.56 Å². The molecule has 25 heavy (non-hydrogen) atoms. The fourth-order valence-electron chi connectivity index (χ4n) is 3.15. The number of nitrogens with zero attached hydrogens (tertiary/aromatic N) is 1. The number of ether oxygens (including phenoxy) is 1. The number of imide groups is 1. The van der Waals surface area contributed by atoms with Crippen LogP contribution in [0.4, 0.5) is 0 Å². The Bertz CT molecular complexity index is 773. The summed E-state index contributed by atoms with van der Waals surface area (Å²) >= 11 is 0.